The van der Waals surface area contributed by atoms with Crippen LogP contribution in [-0.4, -0.2) is 30.3 Å². The van der Waals surface area contributed by atoms with E-state index in [1.807, 2.05) is 17.5 Å². The quantitative estimate of drug-likeness (QED) is 0.660. The maximum Gasteiger partial charge on any atom is 0.172 e. The first-order chi connectivity index (χ1) is 8.29. The van der Waals surface area contributed by atoms with Crippen LogP contribution in [0.4, 0.5) is 0 Å². The van der Waals surface area contributed by atoms with Crippen molar-refractivity contribution in [2.24, 2.45) is 5.92 Å². The molecular formula is C14H21NOS. The molecule has 1 aliphatic carbocycles. The lowest BCUT2D eigenvalue weighted by molar-refractivity contribution is 0.0978. The van der Waals surface area contributed by atoms with Crippen LogP contribution in [0.3, 0.4) is 0 Å². The fourth-order valence-electron chi connectivity index (χ4n) is 2.07. The summed E-state index contributed by atoms with van der Waals surface area (Å²) in [7, 11) is 0. The third kappa shape index (κ3) is 4.25. The van der Waals surface area contributed by atoms with Crippen molar-refractivity contribution in [1.29, 1.82) is 0 Å². The van der Waals surface area contributed by atoms with Crippen molar-refractivity contribution in [3.05, 3.63) is 22.4 Å². The fourth-order valence-corrected chi connectivity index (χ4v) is 2.76. The summed E-state index contributed by atoms with van der Waals surface area (Å²) in [5.74, 6) is 1.26. The second-order valence-electron chi connectivity index (χ2n) is 4.84. The number of thiophene rings is 1. The van der Waals surface area contributed by atoms with Gasteiger partial charge in [-0.15, -0.1) is 11.3 Å². The number of Topliss-reactive ketones (excluding diaryl/α,β-unsaturated/α-hetero) is 1. The molecule has 1 aromatic heterocycles. The molecule has 0 aromatic carbocycles. The Labute approximate surface area is 108 Å². The largest absolute Gasteiger partial charge is 0.303 e. The van der Waals surface area contributed by atoms with E-state index in [9.17, 15) is 4.79 Å². The van der Waals surface area contributed by atoms with Crippen molar-refractivity contribution in [2.45, 2.75) is 32.6 Å². The molecule has 1 aliphatic rings. The summed E-state index contributed by atoms with van der Waals surface area (Å²) in [6.45, 7) is 5.64. The first-order valence-corrected chi connectivity index (χ1v) is 7.46. The zero-order chi connectivity index (χ0) is 12.1. The highest BCUT2D eigenvalue weighted by Crippen LogP contribution is 2.29. The molecular weight excluding hydrogens is 230 g/mol. The Bertz CT molecular complexity index is 343. The van der Waals surface area contributed by atoms with Gasteiger partial charge >= 0.3 is 0 Å². The van der Waals surface area contributed by atoms with Crippen molar-refractivity contribution < 1.29 is 4.79 Å². The average molecular weight is 251 g/mol. The van der Waals surface area contributed by atoms with E-state index >= 15 is 0 Å². The minimum atomic E-state index is 0.308. The van der Waals surface area contributed by atoms with Crippen molar-refractivity contribution in [3.8, 4) is 0 Å². The molecule has 1 saturated carbocycles. The van der Waals surface area contributed by atoms with Gasteiger partial charge < -0.3 is 4.90 Å². The predicted molar refractivity (Wildman–Crippen MR) is 72.7 cm³/mol. The molecule has 2 rings (SSSR count). The van der Waals surface area contributed by atoms with Crippen LogP contribution in [0.5, 0.6) is 0 Å². The van der Waals surface area contributed by atoms with Gasteiger partial charge in [0.2, 0.25) is 0 Å². The lowest BCUT2D eigenvalue weighted by Crippen LogP contribution is -2.27. The zero-order valence-corrected chi connectivity index (χ0v) is 11.3. The van der Waals surface area contributed by atoms with E-state index in [0.29, 0.717) is 12.2 Å². The maximum atomic E-state index is 11.8. The Morgan fingerprint density at radius 1 is 1.53 bits per heavy atom. The minimum Gasteiger partial charge on any atom is -0.303 e. The van der Waals surface area contributed by atoms with E-state index in [2.05, 4.69) is 11.8 Å². The summed E-state index contributed by atoms with van der Waals surface area (Å²) in [5, 5.41) is 1.97. The topological polar surface area (TPSA) is 20.3 Å². The van der Waals surface area contributed by atoms with Crippen molar-refractivity contribution >= 4 is 17.1 Å². The molecule has 3 heteroatoms. The highest BCUT2D eigenvalue weighted by Gasteiger charge is 2.23. The Morgan fingerprint density at radius 2 is 2.35 bits per heavy atom. The third-order valence-electron chi connectivity index (χ3n) is 3.33. The van der Waals surface area contributed by atoms with Gasteiger partial charge in [-0.2, -0.15) is 0 Å². The second kappa shape index (κ2) is 6.31. The van der Waals surface area contributed by atoms with Gasteiger partial charge in [-0.05, 0) is 49.7 Å². The first-order valence-electron chi connectivity index (χ1n) is 6.58. The van der Waals surface area contributed by atoms with Gasteiger partial charge in [0.25, 0.3) is 0 Å². The number of carbonyl (C=O) groups is 1. The Hall–Kier alpha value is -0.670. The molecule has 2 nitrogen and oxygen atoms in total. The summed E-state index contributed by atoms with van der Waals surface area (Å²) < 4.78 is 0. The second-order valence-corrected chi connectivity index (χ2v) is 5.79. The van der Waals surface area contributed by atoms with Gasteiger partial charge in [0.05, 0.1) is 4.88 Å². The van der Waals surface area contributed by atoms with Crippen LogP contribution in [0.2, 0.25) is 0 Å². The van der Waals surface area contributed by atoms with Crippen molar-refractivity contribution in [1.82, 2.24) is 4.90 Å². The number of hydrogen-bond donors (Lipinski definition) is 0. The van der Waals surface area contributed by atoms with Crippen LogP contribution in [0.15, 0.2) is 17.5 Å². The highest BCUT2D eigenvalue weighted by atomic mass is 32.1. The lowest BCUT2D eigenvalue weighted by atomic mass is 10.2. The van der Waals surface area contributed by atoms with Gasteiger partial charge in [-0.1, -0.05) is 13.0 Å². The smallest absolute Gasteiger partial charge is 0.172 e. The van der Waals surface area contributed by atoms with E-state index in [4.69, 9.17) is 0 Å². The summed E-state index contributed by atoms with van der Waals surface area (Å²) in [6, 6.07) is 3.87. The Kier molecular flexibility index (Phi) is 4.75. The normalized spacial score (nSPS) is 15.4. The zero-order valence-electron chi connectivity index (χ0n) is 10.5. The molecule has 0 aliphatic heterocycles. The van der Waals surface area contributed by atoms with Crippen LogP contribution >= 0.6 is 11.3 Å². The molecule has 0 spiro atoms. The minimum absolute atomic E-state index is 0.308. The maximum absolute atomic E-state index is 11.8. The first kappa shape index (κ1) is 12.8. The summed E-state index contributed by atoms with van der Waals surface area (Å²) in [6.07, 6.45) is 4.51. The molecule has 0 N–H and O–H groups in total. The highest BCUT2D eigenvalue weighted by molar-refractivity contribution is 7.12. The van der Waals surface area contributed by atoms with E-state index < -0.39 is 0 Å². The molecule has 1 heterocycles. The van der Waals surface area contributed by atoms with Crippen LogP contribution in [0, 0.1) is 5.92 Å². The number of rotatable bonds is 8. The molecule has 0 radical (unpaired) electrons. The number of nitrogens with zero attached hydrogens (tertiary/aromatic N) is 1. The Morgan fingerprint density at radius 3 is 2.94 bits per heavy atom. The summed E-state index contributed by atoms with van der Waals surface area (Å²) in [4.78, 5) is 15.2. The van der Waals surface area contributed by atoms with E-state index in [1.54, 1.807) is 11.3 Å². The molecule has 0 atom stereocenters. The van der Waals surface area contributed by atoms with Crippen LogP contribution < -0.4 is 0 Å². The van der Waals surface area contributed by atoms with E-state index in [0.717, 1.165) is 30.3 Å². The van der Waals surface area contributed by atoms with Crippen LogP contribution in [0.25, 0.3) is 0 Å². The average Bonchev–Trinajstić information content (AvgIpc) is 2.97. The number of carbonyl (C=O) groups excluding carboxylic acids is 1. The van der Waals surface area contributed by atoms with Crippen molar-refractivity contribution in [2.75, 3.05) is 19.6 Å². The van der Waals surface area contributed by atoms with E-state index in [-0.39, 0.29) is 0 Å². The molecule has 0 saturated heterocycles. The van der Waals surface area contributed by atoms with Gasteiger partial charge in [-0.3, -0.25) is 4.79 Å². The van der Waals surface area contributed by atoms with Crippen LogP contribution in [-0.2, 0) is 0 Å². The monoisotopic (exact) mass is 251 g/mol. The van der Waals surface area contributed by atoms with Crippen LogP contribution in [0.1, 0.15) is 42.3 Å². The number of ketones is 1. The fraction of sp³-hybridized carbons (Fsp3) is 0.643. The molecule has 17 heavy (non-hydrogen) atoms. The Balaban J connectivity index is 1.65. The van der Waals surface area contributed by atoms with E-state index in [1.165, 1.54) is 19.4 Å². The summed E-state index contributed by atoms with van der Waals surface area (Å²) >= 11 is 1.55. The molecule has 0 bridgehead atoms. The molecule has 1 fully saturated rings. The third-order valence-corrected chi connectivity index (χ3v) is 4.25. The molecule has 1 aromatic rings. The predicted octanol–water partition coefficient (Wildman–Crippen LogP) is 3.44. The van der Waals surface area contributed by atoms with Gasteiger partial charge in [0, 0.05) is 13.0 Å². The SMILES string of the molecule is CCN(CCCC(=O)c1cccs1)CC1CC1. The van der Waals surface area contributed by atoms with Gasteiger partial charge in [0.15, 0.2) is 5.78 Å². The molecule has 94 valence electrons. The van der Waals surface area contributed by atoms with Crippen molar-refractivity contribution in [3.63, 3.8) is 0 Å². The lowest BCUT2D eigenvalue weighted by Gasteiger charge is -2.19. The summed E-state index contributed by atoms with van der Waals surface area (Å²) in [5.41, 5.74) is 0. The van der Waals surface area contributed by atoms with Gasteiger partial charge in [0.1, 0.15) is 0 Å². The molecule has 0 unspecified atom stereocenters. The number of hydrogen-bond acceptors (Lipinski definition) is 3. The van der Waals surface area contributed by atoms with Gasteiger partial charge in [-0.25, -0.2) is 0 Å². The molecule has 0 amide bonds. The standard InChI is InChI=1S/C14H21NOS/c1-2-15(11-12-7-8-12)9-3-5-13(16)14-6-4-10-17-14/h4,6,10,12H,2-3,5,7-9,11H2,1H3.